The number of hydrogen-bond acceptors (Lipinski definition) is 3. The van der Waals surface area contributed by atoms with E-state index in [0.29, 0.717) is 21.4 Å². The predicted molar refractivity (Wildman–Crippen MR) is 65.7 cm³/mol. The molecule has 0 aliphatic heterocycles. The standard InChI is InChI=1S/C10H15ClN2OS/c1-13(2)5-6-15(14)10-4-3-8(12)7-9(10)11/h3-4,7H,5-6,12H2,1-2H3. The van der Waals surface area contributed by atoms with Gasteiger partial charge in [0, 0.05) is 18.0 Å². The van der Waals surface area contributed by atoms with Gasteiger partial charge >= 0.3 is 0 Å². The first kappa shape index (κ1) is 12.5. The van der Waals surface area contributed by atoms with E-state index in [-0.39, 0.29) is 0 Å². The highest BCUT2D eigenvalue weighted by atomic mass is 35.5. The first-order valence-corrected chi connectivity index (χ1v) is 6.28. The van der Waals surface area contributed by atoms with Gasteiger partial charge in [-0.1, -0.05) is 11.6 Å². The van der Waals surface area contributed by atoms with Crippen LogP contribution >= 0.6 is 11.6 Å². The van der Waals surface area contributed by atoms with Crippen molar-refractivity contribution in [2.75, 3.05) is 32.1 Å². The fourth-order valence-corrected chi connectivity index (χ4v) is 2.77. The second-order valence-corrected chi connectivity index (χ2v) is 5.49. The van der Waals surface area contributed by atoms with Crippen molar-refractivity contribution in [3.63, 3.8) is 0 Å². The van der Waals surface area contributed by atoms with E-state index in [4.69, 9.17) is 17.3 Å². The largest absolute Gasteiger partial charge is 0.399 e. The number of nitrogens with two attached hydrogens (primary N) is 1. The van der Waals surface area contributed by atoms with Gasteiger partial charge in [0.2, 0.25) is 0 Å². The number of nitrogen functional groups attached to an aromatic ring is 1. The first-order chi connectivity index (χ1) is 7.00. The Morgan fingerprint density at radius 2 is 2.13 bits per heavy atom. The summed E-state index contributed by atoms with van der Waals surface area (Å²) in [6, 6.07) is 5.07. The van der Waals surface area contributed by atoms with Crippen LogP contribution < -0.4 is 5.73 Å². The maximum Gasteiger partial charge on any atom is 0.0587 e. The molecule has 0 spiro atoms. The monoisotopic (exact) mass is 246 g/mol. The third-order valence-corrected chi connectivity index (χ3v) is 3.75. The summed E-state index contributed by atoms with van der Waals surface area (Å²) in [6.45, 7) is 0.771. The molecule has 0 aliphatic rings. The molecule has 1 unspecified atom stereocenters. The van der Waals surface area contributed by atoms with Gasteiger partial charge in [0.1, 0.15) is 0 Å². The molecule has 0 radical (unpaired) electrons. The third-order valence-electron chi connectivity index (χ3n) is 1.93. The minimum absolute atomic E-state index is 0.479. The molecular formula is C10H15ClN2OS. The van der Waals surface area contributed by atoms with E-state index in [1.807, 2.05) is 19.0 Å². The van der Waals surface area contributed by atoms with Crippen LogP contribution in [0.3, 0.4) is 0 Å². The van der Waals surface area contributed by atoms with Gasteiger partial charge in [0.05, 0.1) is 20.7 Å². The second kappa shape index (κ2) is 5.49. The lowest BCUT2D eigenvalue weighted by Crippen LogP contribution is -2.19. The van der Waals surface area contributed by atoms with Crippen LogP contribution in [-0.2, 0) is 10.8 Å². The van der Waals surface area contributed by atoms with Crippen LogP contribution in [0.4, 0.5) is 5.69 Å². The van der Waals surface area contributed by atoms with Gasteiger partial charge < -0.3 is 10.6 Å². The Balaban J connectivity index is 2.74. The van der Waals surface area contributed by atoms with E-state index in [1.54, 1.807) is 18.2 Å². The van der Waals surface area contributed by atoms with Crippen molar-refractivity contribution in [2.24, 2.45) is 0 Å². The summed E-state index contributed by atoms with van der Waals surface area (Å²) in [6.07, 6.45) is 0. The maximum atomic E-state index is 11.8. The van der Waals surface area contributed by atoms with Crippen LogP contribution in [0.1, 0.15) is 0 Å². The van der Waals surface area contributed by atoms with Crippen molar-refractivity contribution in [3.8, 4) is 0 Å². The lowest BCUT2D eigenvalue weighted by molar-refractivity contribution is 0.435. The number of anilines is 1. The van der Waals surface area contributed by atoms with Gasteiger partial charge in [0.15, 0.2) is 0 Å². The number of halogens is 1. The summed E-state index contributed by atoms with van der Waals surface area (Å²) in [5, 5.41) is 0.479. The molecule has 1 aromatic carbocycles. The van der Waals surface area contributed by atoms with Crippen LogP contribution in [0.5, 0.6) is 0 Å². The van der Waals surface area contributed by atoms with Crippen molar-refractivity contribution in [1.29, 1.82) is 0 Å². The average Bonchev–Trinajstić information content (AvgIpc) is 2.14. The van der Waals surface area contributed by atoms with Crippen LogP contribution in [0.2, 0.25) is 5.02 Å². The lowest BCUT2D eigenvalue weighted by atomic mass is 10.3. The molecule has 0 saturated heterocycles. The van der Waals surface area contributed by atoms with E-state index in [9.17, 15) is 4.21 Å². The van der Waals surface area contributed by atoms with Gasteiger partial charge in [-0.2, -0.15) is 0 Å². The molecule has 84 valence electrons. The van der Waals surface area contributed by atoms with Crippen LogP contribution in [0.25, 0.3) is 0 Å². The minimum atomic E-state index is -1.05. The topological polar surface area (TPSA) is 46.3 Å². The quantitative estimate of drug-likeness (QED) is 0.821. The van der Waals surface area contributed by atoms with E-state index >= 15 is 0 Å². The molecule has 2 N–H and O–H groups in total. The Morgan fingerprint density at radius 3 is 2.67 bits per heavy atom. The molecule has 0 heterocycles. The summed E-state index contributed by atoms with van der Waals surface area (Å²) in [7, 11) is 2.84. The second-order valence-electron chi connectivity index (χ2n) is 3.54. The van der Waals surface area contributed by atoms with Crippen molar-refractivity contribution >= 4 is 28.1 Å². The zero-order valence-corrected chi connectivity index (χ0v) is 10.4. The zero-order chi connectivity index (χ0) is 11.4. The number of rotatable bonds is 4. The molecule has 15 heavy (non-hydrogen) atoms. The first-order valence-electron chi connectivity index (χ1n) is 4.59. The third kappa shape index (κ3) is 3.81. The molecular weight excluding hydrogens is 232 g/mol. The highest BCUT2D eigenvalue weighted by molar-refractivity contribution is 7.85. The normalized spacial score (nSPS) is 13.1. The van der Waals surface area contributed by atoms with E-state index < -0.39 is 10.8 Å². The SMILES string of the molecule is CN(C)CCS(=O)c1ccc(N)cc1Cl. The molecule has 1 aromatic rings. The molecule has 1 rings (SSSR count). The smallest absolute Gasteiger partial charge is 0.0587 e. The summed E-state index contributed by atoms with van der Waals surface area (Å²) >= 11 is 5.95. The number of hydrogen-bond donors (Lipinski definition) is 1. The summed E-state index contributed by atoms with van der Waals surface area (Å²) in [4.78, 5) is 2.65. The van der Waals surface area contributed by atoms with Gasteiger partial charge in [-0.25, -0.2) is 0 Å². The Hall–Kier alpha value is -0.580. The van der Waals surface area contributed by atoms with E-state index in [2.05, 4.69) is 0 Å². The average molecular weight is 247 g/mol. The van der Waals surface area contributed by atoms with Crippen molar-refractivity contribution in [3.05, 3.63) is 23.2 Å². The molecule has 0 aliphatic carbocycles. The Labute approximate surface area is 97.7 Å². The summed E-state index contributed by atoms with van der Waals surface area (Å²) in [5.41, 5.74) is 6.15. The van der Waals surface area contributed by atoms with Gasteiger partial charge in [-0.3, -0.25) is 4.21 Å². The van der Waals surface area contributed by atoms with Crippen molar-refractivity contribution < 1.29 is 4.21 Å². The van der Waals surface area contributed by atoms with E-state index in [1.165, 1.54) is 0 Å². The summed E-state index contributed by atoms with van der Waals surface area (Å²) in [5.74, 6) is 0.580. The molecule has 0 fully saturated rings. The number of benzene rings is 1. The fraction of sp³-hybridized carbons (Fsp3) is 0.400. The molecule has 3 nitrogen and oxygen atoms in total. The molecule has 0 amide bonds. The highest BCUT2D eigenvalue weighted by Crippen LogP contribution is 2.22. The predicted octanol–water partition coefficient (Wildman–Crippen LogP) is 1.59. The van der Waals surface area contributed by atoms with E-state index in [0.717, 1.165) is 6.54 Å². The van der Waals surface area contributed by atoms with Crippen LogP contribution in [-0.4, -0.2) is 35.5 Å². The highest BCUT2D eigenvalue weighted by Gasteiger charge is 2.08. The minimum Gasteiger partial charge on any atom is -0.399 e. The Kier molecular flexibility index (Phi) is 4.57. The Morgan fingerprint density at radius 1 is 1.47 bits per heavy atom. The van der Waals surface area contributed by atoms with Gasteiger partial charge in [0.25, 0.3) is 0 Å². The van der Waals surface area contributed by atoms with Crippen molar-refractivity contribution in [1.82, 2.24) is 4.90 Å². The Bertz CT molecular complexity index is 368. The van der Waals surface area contributed by atoms with Crippen LogP contribution in [0, 0.1) is 0 Å². The molecule has 0 saturated carbocycles. The number of nitrogens with zero attached hydrogens (tertiary/aromatic N) is 1. The van der Waals surface area contributed by atoms with Gasteiger partial charge in [-0.15, -0.1) is 0 Å². The van der Waals surface area contributed by atoms with Gasteiger partial charge in [-0.05, 0) is 32.3 Å². The van der Waals surface area contributed by atoms with Crippen LogP contribution in [0.15, 0.2) is 23.1 Å². The molecule has 5 heteroatoms. The zero-order valence-electron chi connectivity index (χ0n) is 8.87. The molecule has 1 atom stereocenters. The van der Waals surface area contributed by atoms with Crippen molar-refractivity contribution in [2.45, 2.75) is 4.90 Å². The fourth-order valence-electron chi connectivity index (χ4n) is 1.08. The maximum absolute atomic E-state index is 11.8. The molecule has 0 bridgehead atoms. The lowest BCUT2D eigenvalue weighted by Gasteiger charge is -2.09. The summed E-state index contributed by atoms with van der Waals surface area (Å²) < 4.78 is 11.8. The molecule has 0 aromatic heterocycles.